The third kappa shape index (κ3) is 6.52. The minimum Gasteiger partial charge on any atom is -0.385 e. The predicted molar refractivity (Wildman–Crippen MR) is 147 cm³/mol. The molecule has 10 nitrogen and oxygen atoms in total. The van der Waals surface area contributed by atoms with Crippen LogP contribution in [-0.2, 0) is 15.2 Å². The second kappa shape index (κ2) is 12.2. The van der Waals surface area contributed by atoms with Gasteiger partial charge in [-0.25, -0.2) is 0 Å². The van der Waals surface area contributed by atoms with Gasteiger partial charge >= 0.3 is 0 Å². The van der Waals surface area contributed by atoms with Crippen molar-refractivity contribution in [1.82, 2.24) is 20.9 Å². The van der Waals surface area contributed by atoms with E-state index in [-0.39, 0.29) is 11.6 Å². The van der Waals surface area contributed by atoms with E-state index < -0.39 is 16.4 Å². The van der Waals surface area contributed by atoms with Crippen LogP contribution in [0.2, 0.25) is 0 Å². The number of piperidine rings is 1. The number of hydrogen-bond donors (Lipinski definition) is 4. The molecule has 1 fully saturated rings. The molecule has 4 N–H and O–H groups in total. The van der Waals surface area contributed by atoms with Crippen LogP contribution in [0.15, 0.2) is 77.4 Å². The van der Waals surface area contributed by atoms with Crippen molar-refractivity contribution < 1.29 is 19.6 Å². The van der Waals surface area contributed by atoms with Crippen LogP contribution in [0.5, 0.6) is 0 Å². The summed E-state index contributed by atoms with van der Waals surface area (Å²) in [6.07, 6.45) is 2.84. The third-order valence-electron chi connectivity index (χ3n) is 7.56. The summed E-state index contributed by atoms with van der Waals surface area (Å²) >= 11 is 0. The van der Waals surface area contributed by atoms with Gasteiger partial charge in [-0.15, -0.1) is 0 Å². The molecule has 0 saturated carbocycles. The molecule has 0 radical (unpaired) electrons. The lowest BCUT2D eigenvalue weighted by molar-refractivity contribution is -0.384. The van der Waals surface area contributed by atoms with Crippen molar-refractivity contribution in [1.29, 1.82) is 0 Å². The zero-order valence-corrected chi connectivity index (χ0v) is 22.3. The largest absolute Gasteiger partial charge is 0.385 e. The second-order valence-corrected chi connectivity index (χ2v) is 10.1. The van der Waals surface area contributed by atoms with Crippen LogP contribution in [-0.4, -0.2) is 46.9 Å². The zero-order valence-electron chi connectivity index (χ0n) is 22.3. The summed E-state index contributed by atoms with van der Waals surface area (Å²) in [7, 11) is 0. The maximum absolute atomic E-state index is 13.0. The van der Waals surface area contributed by atoms with Gasteiger partial charge in [0.25, 0.3) is 5.69 Å². The zero-order chi connectivity index (χ0) is 28.0. The first-order valence-corrected chi connectivity index (χ1v) is 13.1. The highest BCUT2D eigenvalue weighted by Gasteiger charge is 2.34. The van der Waals surface area contributed by atoms with Crippen LogP contribution in [0.25, 0.3) is 0 Å². The van der Waals surface area contributed by atoms with Gasteiger partial charge in [0.1, 0.15) is 0 Å². The van der Waals surface area contributed by atoms with Gasteiger partial charge in [0.15, 0.2) is 0 Å². The van der Waals surface area contributed by atoms with Crippen molar-refractivity contribution >= 4 is 18.0 Å². The number of nitro benzene ring substituents is 1. The minimum atomic E-state index is -0.807. The SMILES string of the molecule is CC1=C(NC=O)C(c2ccc([N+](=O)[O-])cc2)C(NC(=O)CCCN2CCC(O)(c3ccccc3)CC2)=C(C)N1. The van der Waals surface area contributed by atoms with E-state index in [4.69, 9.17) is 0 Å². The predicted octanol–water partition coefficient (Wildman–Crippen LogP) is 3.37. The molecule has 1 saturated heterocycles. The van der Waals surface area contributed by atoms with E-state index in [1.165, 1.54) is 12.1 Å². The highest BCUT2D eigenvalue weighted by molar-refractivity contribution is 5.78. The summed E-state index contributed by atoms with van der Waals surface area (Å²) in [4.78, 5) is 37.3. The fourth-order valence-corrected chi connectivity index (χ4v) is 5.40. The molecule has 0 aliphatic carbocycles. The summed E-state index contributed by atoms with van der Waals surface area (Å²) < 4.78 is 0. The molecule has 2 amide bonds. The topological polar surface area (TPSA) is 137 Å². The van der Waals surface area contributed by atoms with E-state index in [2.05, 4.69) is 20.9 Å². The molecule has 39 heavy (non-hydrogen) atoms. The highest BCUT2D eigenvalue weighted by atomic mass is 16.6. The van der Waals surface area contributed by atoms with Crippen molar-refractivity contribution in [2.24, 2.45) is 0 Å². The van der Waals surface area contributed by atoms with Crippen molar-refractivity contribution in [3.63, 3.8) is 0 Å². The van der Waals surface area contributed by atoms with Crippen LogP contribution in [0, 0.1) is 10.1 Å². The Morgan fingerprint density at radius 1 is 1.10 bits per heavy atom. The number of nitrogens with one attached hydrogen (secondary N) is 3. The number of carbonyl (C=O) groups is 2. The van der Waals surface area contributed by atoms with E-state index in [0.717, 1.165) is 36.6 Å². The molecule has 2 aliphatic heterocycles. The normalized spacial score (nSPS) is 19.3. The fraction of sp³-hybridized carbons (Fsp3) is 0.379. The lowest BCUT2D eigenvalue weighted by Gasteiger charge is -2.38. The van der Waals surface area contributed by atoms with Gasteiger partial charge in [-0.3, -0.25) is 19.7 Å². The molecule has 1 atom stereocenters. The summed E-state index contributed by atoms with van der Waals surface area (Å²) in [6.45, 7) is 5.93. The number of allylic oxidation sites excluding steroid dienone is 2. The van der Waals surface area contributed by atoms with Crippen LogP contribution >= 0.6 is 0 Å². The lowest BCUT2D eigenvalue weighted by atomic mass is 9.84. The number of benzene rings is 2. The highest BCUT2D eigenvalue weighted by Crippen LogP contribution is 2.36. The summed E-state index contributed by atoms with van der Waals surface area (Å²) in [5.74, 6) is -0.653. The lowest BCUT2D eigenvalue weighted by Crippen LogP contribution is -2.43. The average Bonchev–Trinajstić information content (AvgIpc) is 2.93. The van der Waals surface area contributed by atoms with E-state index in [9.17, 15) is 24.8 Å². The standard InChI is InChI=1S/C29H35N5O5/c1-20-27(30-19-35)26(22-10-12-24(13-11-22)34(38)39)28(21(2)31-20)32-25(36)9-6-16-33-17-14-29(37,15-18-33)23-7-4-3-5-8-23/h3-5,7-8,10-13,19,26,31,37H,6,9,14-18H2,1-2H3,(H,30,35)(H,32,36). The second-order valence-electron chi connectivity index (χ2n) is 10.1. The van der Waals surface area contributed by atoms with Crippen LogP contribution < -0.4 is 16.0 Å². The molecule has 0 bridgehead atoms. The van der Waals surface area contributed by atoms with Crippen LogP contribution in [0.1, 0.15) is 56.6 Å². The fourth-order valence-electron chi connectivity index (χ4n) is 5.40. The molecule has 2 aromatic carbocycles. The van der Waals surface area contributed by atoms with Gasteiger partial charge in [0.05, 0.1) is 27.8 Å². The molecule has 2 heterocycles. The average molecular weight is 534 g/mol. The van der Waals surface area contributed by atoms with Crippen molar-refractivity contribution in [3.8, 4) is 0 Å². The Balaban J connectivity index is 1.37. The molecule has 206 valence electrons. The molecular weight excluding hydrogens is 498 g/mol. The molecule has 2 aliphatic rings. The molecule has 10 heteroatoms. The number of carbonyl (C=O) groups excluding carboxylic acids is 2. The first kappa shape index (κ1) is 28.0. The number of rotatable bonds is 10. The van der Waals surface area contributed by atoms with Gasteiger partial charge < -0.3 is 26.0 Å². The number of non-ortho nitro benzene ring substituents is 1. The van der Waals surface area contributed by atoms with E-state index >= 15 is 0 Å². The number of aliphatic hydroxyl groups is 1. The molecular formula is C29H35N5O5. The first-order valence-electron chi connectivity index (χ1n) is 13.1. The van der Waals surface area contributed by atoms with Gasteiger partial charge in [-0.2, -0.15) is 0 Å². The molecule has 1 unspecified atom stereocenters. The van der Waals surface area contributed by atoms with Crippen LogP contribution in [0.4, 0.5) is 5.69 Å². The summed E-state index contributed by atoms with van der Waals surface area (Å²) in [5, 5.41) is 31.2. The summed E-state index contributed by atoms with van der Waals surface area (Å²) in [6, 6.07) is 15.9. The monoisotopic (exact) mass is 533 g/mol. The van der Waals surface area contributed by atoms with Crippen LogP contribution in [0.3, 0.4) is 0 Å². The Morgan fingerprint density at radius 2 is 1.74 bits per heavy atom. The number of amides is 2. The molecule has 0 spiro atoms. The Morgan fingerprint density at radius 3 is 2.36 bits per heavy atom. The molecule has 2 aromatic rings. The number of nitro groups is 1. The maximum atomic E-state index is 13.0. The van der Waals surface area contributed by atoms with E-state index in [0.29, 0.717) is 49.1 Å². The van der Waals surface area contributed by atoms with Gasteiger partial charge in [0.2, 0.25) is 12.3 Å². The van der Waals surface area contributed by atoms with Gasteiger partial charge in [-0.05, 0) is 50.8 Å². The van der Waals surface area contributed by atoms with Gasteiger partial charge in [0, 0.05) is 43.0 Å². The first-order chi connectivity index (χ1) is 18.7. The smallest absolute Gasteiger partial charge is 0.269 e. The Hall–Kier alpha value is -4.02. The molecule has 4 rings (SSSR count). The third-order valence-corrected chi connectivity index (χ3v) is 7.56. The number of dihydropyridines is 1. The number of nitrogens with zero attached hydrogens (tertiary/aromatic N) is 2. The Bertz CT molecular complexity index is 1260. The maximum Gasteiger partial charge on any atom is 0.269 e. The number of likely N-dealkylation sites (tertiary alicyclic amines) is 1. The van der Waals surface area contributed by atoms with E-state index in [1.54, 1.807) is 12.1 Å². The summed E-state index contributed by atoms with van der Waals surface area (Å²) in [5.41, 5.74) is 3.43. The number of hydrogen-bond acceptors (Lipinski definition) is 7. The quantitative estimate of drug-likeness (QED) is 0.209. The van der Waals surface area contributed by atoms with E-state index in [1.807, 2.05) is 44.2 Å². The molecule has 0 aromatic heterocycles. The minimum absolute atomic E-state index is 0.0375. The van der Waals surface area contributed by atoms with Crippen molar-refractivity contribution in [3.05, 3.63) is 98.6 Å². The van der Waals surface area contributed by atoms with Crippen molar-refractivity contribution in [2.45, 2.75) is 51.0 Å². The Kier molecular flexibility index (Phi) is 8.78. The van der Waals surface area contributed by atoms with Crippen molar-refractivity contribution in [2.75, 3.05) is 19.6 Å². The Labute approximate surface area is 227 Å². The van der Waals surface area contributed by atoms with Gasteiger partial charge in [-0.1, -0.05) is 42.5 Å².